The Labute approximate surface area is 382 Å². The van der Waals surface area contributed by atoms with E-state index >= 15 is 4.79 Å². The molecule has 1 saturated heterocycles. The second-order valence-electron chi connectivity index (χ2n) is 20.2. The summed E-state index contributed by atoms with van der Waals surface area (Å²) in [6.07, 6.45) is 13.0. The normalized spacial score (nSPS) is 33.9. The van der Waals surface area contributed by atoms with E-state index in [0.717, 1.165) is 110 Å². The lowest BCUT2D eigenvalue weighted by molar-refractivity contribution is -0.217. The molecule has 1 spiro atoms. The van der Waals surface area contributed by atoms with Gasteiger partial charge in [-0.05, 0) is 93.5 Å². The summed E-state index contributed by atoms with van der Waals surface area (Å²) < 4.78 is 24.9. The van der Waals surface area contributed by atoms with Gasteiger partial charge in [0.2, 0.25) is 0 Å². The van der Waals surface area contributed by atoms with Gasteiger partial charge >= 0.3 is 18.0 Å². The van der Waals surface area contributed by atoms with Crippen molar-refractivity contribution in [1.82, 2.24) is 20.1 Å². The van der Waals surface area contributed by atoms with E-state index in [4.69, 9.17) is 18.9 Å². The maximum absolute atomic E-state index is 15.5. The van der Waals surface area contributed by atoms with E-state index in [1.165, 1.54) is 19.6 Å². The number of methoxy groups -OCH3 is 2. The number of hydrogen-bond donors (Lipinski definition) is 3. The Morgan fingerprint density at radius 3 is 2.54 bits per heavy atom. The Morgan fingerprint density at radius 1 is 1.00 bits per heavy atom. The minimum absolute atomic E-state index is 0.0311. The number of aliphatic hydroxyl groups is 1. The van der Waals surface area contributed by atoms with Gasteiger partial charge < -0.3 is 39.3 Å². The monoisotopic (exact) mass is 889 g/mol. The van der Waals surface area contributed by atoms with E-state index in [1.54, 1.807) is 7.11 Å². The zero-order chi connectivity index (χ0) is 45.5. The Hall–Kier alpha value is -4.85. The van der Waals surface area contributed by atoms with Gasteiger partial charge in [0.05, 0.1) is 26.8 Å². The highest BCUT2D eigenvalue weighted by atomic mass is 16.6. The summed E-state index contributed by atoms with van der Waals surface area (Å²) in [5, 5.41) is 18.0. The average Bonchev–Trinajstić information content (AvgIpc) is 3.98. The number of H-pyrrole nitrogens is 1. The number of para-hydroxylation sites is 1. The molecule has 65 heavy (non-hydrogen) atoms. The number of amides is 1. The Balaban J connectivity index is 1.21. The van der Waals surface area contributed by atoms with Crippen LogP contribution in [0, 0.1) is 11.3 Å². The molecule has 9 atom stereocenters. The fraction of sp³-hybridized carbons (Fsp3) is 0.596. The molecule has 2 aromatic carbocycles. The highest BCUT2D eigenvalue weighted by Gasteiger charge is 2.78. The Bertz CT molecular complexity index is 2440. The molecule has 7 aliphatic rings. The summed E-state index contributed by atoms with van der Waals surface area (Å²) in [5.41, 5.74) is 2.10. The zero-order valence-electron chi connectivity index (χ0n) is 39.0. The van der Waals surface area contributed by atoms with E-state index in [1.807, 2.05) is 13.1 Å². The number of alkyl carbamates (subject to hydrolysis) is 1. The van der Waals surface area contributed by atoms with Crippen LogP contribution in [0.5, 0.6) is 5.75 Å². The van der Waals surface area contributed by atoms with Crippen LogP contribution in [0.1, 0.15) is 101 Å². The summed E-state index contributed by atoms with van der Waals surface area (Å²) in [6.45, 7) is 9.51. The van der Waals surface area contributed by atoms with E-state index in [0.29, 0.717) is 31.6 Å². The van der Waals surface area contributed by atoms with Gasteiger partial charge in [0.15, 0.2) is 0 Å². The Morgan fingerprint density at radius 2 is 1.80 bits per heavy atom. The highest BCUT2D eigenvalue weighted by Crippen LogP contribution is 2.68. The predicted octanol–water partition coefficient (Wildman–Crippen LogP) is 6.68. The number of carbonyl (C=O) groups excluding carboxylic acids is 3. The molecule has 6 heterocycles. The number of anilines is 1. The number of rotatable bonds is 9. The summed E-state index contributed by atoms with van der Waals surface area (Å²) >= 11 is 0. The Kier molecular flexibility index (Phi) is 11.2. The number of esters is 2. The summed E-state index contributed by atoms with van der Waals surface area (Å²) in [4.78, 5) is 53.5. The third-order valence-corrected chi connectivity index (χ3v) is 17.0. The first-order chi connectivity index (χ1) is 31.4. The quantitative estimate of drug-likeness (QED) is 0.120. The number of benzene rings is 2. The molecule has 3 N–H and O–H groups in total. The van der Waals surface area contributed by atoms with Crippen LogP contribution in [-0.4, -0.2) is 128 Å². The van der Waals surface area contributed by atoms with Crippen LogP contribution in [0.25, 0.3) is 10.9 Å². The third-order valence-electron chi connectivity index (χ3n) is 17.0. The molecular weight excluding hydrogens is 823 g/mol. The highest BCUT2D eigenvalue weighted by molar-refractivity contribution is 5.94. The molecule has 13 nitrogen and oxygen atoms in total. The van der Waals surface area contributed by atoms with Crippen LogP contribution < -0.4 is 15.0 Å². The molecule has 3 aromatic rings. The van der Waals surface area contributed by atoms with Crippen LogP contribution in [0.3, 0.4) is 0 Å². The number of ether oxygens (including phenoxy) is 4. The van der Waals surface area contributed by atoms with Crippen molar-refractivity contribution < 1.29 is 38.4 Å². The lowest BCUT2D eigenvalue weighted by Crippen LogP contribution is -2.81. The average molecular weight is 890 g/mol. The maximum Gasteiger partial charge on any atom is 0.407 e. The number of carbonyl (C=O) groups is 3. The van der Waals surface area contributed by atoms with Crippen molar-refractivity contribution in [1.29, 1.82) is 0 Å². The molecule has 1 unspecified atom stereocenters. The first-order valence-corrected chi connectivity index (χ1v) is 24.2. The number of fused-ring (bicyclic) bond motifs is 6. The largest absolute Gasteiger partial charge is 0.496 e. The van der Waals surface area contributed by atoms with Crippen LogP contribution in [0.15, 0.2) is 60.2 Å². The second kappa shape index (κ2) is 16.5. The van der Waals surface area contributed by atoms with Crippen molar-refractivity contribution in [2.75, 3.05) is 65.4 Å². The number of aromatic amines is 1. The molecule has 13 heteroatoms. The van der Waals surface area contributed by atoms with Crippen molar-refractivity contribution in [3.8, 4) is 5.75 Å². The fourth-order valence-corrected chi connectivity index (χ4v) is 14.6. The molecule has 2 bridgehead atoms. The van der Waals surface area contributed by atoms with Gasteiger partial charge in [-0.2, -0.15) is 0 Å². The molecule has 2 saturated carbocycles. The van der Waals surface area contributed by atoms with Gasteiger partial charge in [0.1, 0.15) is 29.0 Å². The molecule has 2 aliphatic carbocycles. The van der Waals surface area contributed by atoms with Crippen molar-refractivity contribution in [2.24, 2.45) is 11.3 Å². The molecular formula is C52H67N5O8. The lowest BCUT2D eigenvalue weighted by atomic mass is 9.47. The molecule has 10 rings (SSSR count). The molecule has 3 fully saturated rings. The number of hydrogen-bond acceptors (Lipinski definition) is 11. The zero-order valence-corrected chi connectivity index (χ0v) is 39.0. The van der Waals surface area contributed by atoms with Crippen LogP contribution in [-0.2, 0) is 41.1 Å². The maximum atomic E-state index is 15.5. The number of aromatic nitrogens is 1. The molecule has 1 amide bonds. The number of nitrogens with one attached hydrogen (secondary N) is 2. The van der Waals surface area contributed by atoms with Crippen molar-refractivity contribution in [3.63, 3.8) is 0 Å². The van der Waals surface area contributed by atoms with Gasteiger partial charge in [0, 0.05) is 90.9 Å². The topological polar surface area (TPSA) is 146 Å². The first kappa shape index (κ1) is 44.0. The predicted molar refractivity (Wildman–Crippen MR) is 248 cm³/mol. The summed E-state index contributed by atoms with van der Waals surface area (Å²) in [6, 6.07) is 11.7. The minimum atomic E-state index is -1.81. The SMILES string of the molecule is CCC1=C[C@@H]2CN(CCc3c([nH]c4ccccc34)[C@@](C(=O)OC)(c3cc4c(cc3OC)N(C)[C@H]3[C@](O)(CNC(=O)OC5CCCCC5)[C@H](OC(C)=O)[C@]5(CC)C=CCN6CC[C@]43[C@@H]65)C2)C1. The second-order valence-corrected chi connectivity index (χ2v) is 20.2. The van der Waals surface area contributed by atoms with E-state index in [2.05, 4.69) is 87.4 Å². The summed E-state index contributed by atoms with van der Waals surface area (Å²) in [7, 11) is 5.14. The van der Waals surface area contributed by atoms with Crippen molar-refractivity contribution in [2.45, 2.75) is 126 Å². The van der Waals surface area contributed by atoms with Crippen LogP contribution >= 0.6 is 0 Å². The lowest BCUT2D eigenvalue weighted by Gasteiger charge is -2.64. The van der Waals surface area contributed by atoms with Crippen molar-refractivity contribution in [3.05, 3.63) is 82.6 Å². The van der Waals surface area contributed by atoms with Gasteiger partial charge in [-0.25, -0.2) is 4.79 Å². The van der Waals surface area contributed by atoms with Gasteiger partial charge in [-0.15, -0.1) is 0 Å². The molecule has 348 valence electrons. The standard InChI is InChI=1S/C52H67N5O8/c1-7-33-25-34-28-51(47(59)63-6,43-37(19-23-56(29-33)30-34)36-17-12-13-18-40(36)54-43)39-26-38-41(27-42(39)62-5)55(4)45-50(38)21-24-57-22-14-20-49(8-2,44(50)57)46(64-32(3)58)52(45,61)31-53-48(60)65-35-15-10-9-11-16-35/h12-14,17-18,20,25-27,34-35,44-46,54,61H,7-11,15-16,19,21-24,28-31H2,1-6H3,(H,53,60)/t34-,44-,45+,46+,49+,50+,51-,52+/m0/s1. The number of nitrogens with zero attached hydrogens (tertiary/aromatic N) is 3. The van der Waals surface area contributed by atoms with Crippen LogP contribution in [0.2, 0.25) is 0 Å². The smallest absolute Gasteiger partial charge is 0.407 e. The summed E-state index contributed by atoms with van der Waals surface area (Å²) in [5.74, 6) is -0.285. The first-order valence-electron chi connectivity index (χ1n) is 24.2. The van der Waals surface area contributed by atoms with E-state index < -0.39 is 46.1 Å². The molecule has 0 radical (unpaired) electrons. The van der Waals surface area contributed by atoms with E-state index in [-0.39, 0.29) is 30.6 Å². The van der Waals surface area contributed by atoms with Gasteiger partial charge in [-0.3, -0.25) is 19.4 Å². The minimum Gasteiger partial charge on any atom is -0.496 e. The fourth-order valence-electron chi connectivity index (χ4n) is 14.6. The third kappa shape index (κ3) is 6.52. The van der Waals surface area contributed by atoms with Crippen molar-refractivity contribution >= 4 is 34.6 Å². The van der Waals surface area contributed by atoms with Crippen LogP contribution in [0.4, 0.5) is 10.5 Å². The molecule has 1 aromatic heterocycles. The van der Waals surface area contributed by atoms with E-state index in [9.17, 15) is 14.7 Å². The molecule has 5 aliphatic heterocycles. The van der Waals surface area contributed by atoms with Gasteiger partial charge in [0.25, 0.3) is 0 Å². The number of likely N-dealkylation sites (N-methyl/N-ethyl adjacent to an activating group) is 1. The van der Waals surface area contributed by atoms with Gasteiger partial charge in [-0.1, -0.05) is 62.3 Å².